The third kappa shape index (κ3) is 3.73. The Kier molecular flexibility index (Phi) is 4.47. The average molecular weight is 276 g/mol. The fourth-order valence-corrected chi connectivity index (χ4v) is 2.67. The molecule has 5 heteroatoms. The summed E-state index contributed by atoms with van der Waals surface area (Å²) in [4.78, 5) is 4.42. The van der Waals surface area contributed by atoms with Crippen LogP contribution < -0.4 is 5.32 Å². The minimum atomic E-state index is 0.293. The molecule has 0 radical (unpaired) electrons. The summed E-state index contributed by atoms with van der Waals surface area (Å²) >= 11 is 1.63. The van der Waals surface area contributed by atoms with E-state index in [0.29, 0.717) is 12.0 Å². The molecule has 19 heavy (non-hydrogen) atoms. The lowest BCUT2D eigenvalue weighted by Gasteiger charge is -2.13. The first-order valence-corrected chi connectivity index (χ1v) is 7.38. The van der Waals surface area contributed by atoms with E-state index in [1.165, 1.54) is 5.56 Å². The van der Waals surface area contributed by atoms with Gasteiger partial charge in [0.05, 0.1) is 0 Å². The van der Waals surface area contributed by atoms with Crippen LogP contribution in [0.25, 0.3) is 0 Å². The van der Waals surface area contributed by atoms with E-state index in [9.17, 15) is 0 Å². The highest BCUT2D eigenvalue weighted by Crippen LogP contribution is 2.23. The second-order valence-electron chi connectivity index (χ2n) is 5.12. The molecule has 0 spiro atoms. The molecular formula is C14H20N4S. The van der Waals surface area contributed by atoms with Gasteiger partial charge in [-0.1, -0.05) is 31.3 Å². The second-order valence-corrected chi connectivity index (χ2v) is 6.13. The maximum Gasteiger partial charge on any atom is 0.205 e. The van der Waals surface area contributed by atoms with Crippen molar-refractivity contribution in [2.24, 2.45) is 0 Å². The molecule has 0 aliphatic carbocycles. The Bertz CT molecular complexity index is 536. The highest BCUT2D eigenvalue weighted by Gasteiger charge is 2.11. The van der Waals surface area contributed by atoms with Gasteiger partial charge in [-0.2, -0.15) is 0 Å². The SMILES string of the molecule is Cc1cccnc1CC(C)Nc1nnc(C(C)C)s1. The third-order valence-electron chi connectivity index (χ3n) is 2.92. The number of pyridine rings is 1. The molecule has 1 unspecified atom stereocenters. The van der Waals surface area contributed by atoms with E-state index in [-0.39, 0.29) is 0 Å². The Morgan fingerprint density at radius 2 is 2.05 bits per heavy atom. The number of aromatic nitrogens is 3. The van der Waals surface area contributed by atoms with Gasteiger partial charge in [-0.25, -0.2) is 0 Å². The number of rotatable bonds is 5. The van der Waals surface area contributed by atoms with Crippen LogP contribution in [0.15, 0.2) is 18.3 Å². The van der Waals surface area contributed by atoms with Crippen LogP contribution >= 0.6 is 11.3 Å². The molecule has 4 nitrogen and oxygen atoms in total. The molecule has 2 rings (SSSR count). The molecule has 0 aliphatic heterocycles. The molecule has 2 aromatic heterocycles. The van der Waals surface area contributed by atoms with Crippen molar-refractivity contribution in [3.63, 3.8) is 0 Å². The summed E-state index contributed by atoms with van der Waals surface area (Å²) in [5.41, 5.74) is 2.37. The lowest BCUT2D eigenvalue weighted by atomic mass is 10.1. The van der Waals surface area contributed by atoms with E-state index in [0.717, 1.165) is 22.3 Å². The minimum Gasteiger partial charge on any atom is -0.357 e. The molecular weight excluding hydrogens is 256 g/mol. The maximum absolute atomic E-state index is 4.42. The summed E-state index contributed by atoms with van der Waals surface area (Å²) in [5, 5.41) is 13.7. The topological polar surface area (TPSA) is 50.7 Å². The van der Waals surface area contributed by atoms with Crippen molar-refractivity contribution in [1.82, 2.24) is 15.2 Å². The van der Waals surface area contributed by atoms with Crippen molar-refractivity contribution in [3.8, 4) is 0 Å². The van der Waals surface area contributed by atoms with Gasteiger partial charge in [0.15, 0.2) is 0 Å². The summed E-state index contributed by atoms with van der Waals surface area (Å²) in [7, 11) is 0. The zero-order valence-corrected chi connectivity index (χ0v) is 12.7. The van der Waals surface area contributed by atoms with Crippen molar-refractivity contribution in [2.45, 2.75) is 46.1 Å². The van der Waals surface area contributed by atoms with E-state index < -0.39 is 0 Å². The first-order chi connectivity index (χ1) is 9.06. The van der Waals surface area contributed by atoms with Gasteiger partial charge in [0.1, 0.15) is 5.01 Å². The van der Waals surface area contributed by atoms with Crippen LogP contribution in [0, 0.1) is 6.92 Å². The van der Waals surface area contributed by atoms with Crippen molar-refractivity contribution in [3.05, 3.63) is 34.6 Å². The minimum absolute atomic E-state index is 0.293. The Morgan fingerprint density at radius 3 is 2.68 bits per heavy atom. The standard InChI is InChI=1S/C14H20N4S/c1-9(2)13-17-18-14(19-13)16-11(4)8-12-10(3)6-5-7-15-12/h5-7,9,11H,8H2,1-4H3,(H,16,18). The van der Waals surface area contributed by atoms with Crippen molar-refractivity contribution in [1.29, 1.82) is 0 Å². The molecule has 0 aliphatic rings. The van der Waals surface area contributed by atoms with Gasteiger partial charge in [-0.05, 0) is 25.5 Å². The number of hydrogen-bond donors (Lipinski definition) is 1. The molecule has 102 valence electrons. The largest absolute Gasteiger partial charge is 0.357 e. The molecule has 0 bridgehead atoms. The van der Waals surface area contributed by atoms with E-state index in [1.807, 2.05) is 12.3 Å². The van der Waals surface area contributed by atoms with Crippen LogP contribution in [0.1, 0.15) is 43.0 Å². The fourth-order valence-electron chi connectivity index (χ4n) is 1.81. The monoisotopic (exact) mass is 276 g/mol. The summed E-state index contributed by atoms with van der Waals surface area (Å²) < 4.78 is 0. The van der Waals surface area contributed by atoms with Gasteiger partial charge in [0, 0.05) is 30.3 Å². The average Bonchev–Trinajstić information content (AvgIpc) is 2.80. The quantitative estimate of drug-likeness (QED) is 0.909. The first kappa shape index (κ1) is 13.9. The highest BCUT2D eigenvalue weighted by atomic mass is 32.1. The van der Waals surface area contributed by atoms with Crippen molar-refractivity contribution < 1.29 is 0 Å². The van der Waals surface area contributed by atoms with Crippen LogP contribution in [-0.4, -0.2) is 21.2 Å². The lowest BCUT2D eigenvalue weighted by Crippen LogP contribution is -2.19. The van der Waals surface area contributed by atoms with Gasteiger partial charge in [0.2, 0.25) is 5.13 Å². The van der Waals surface area contributed by atoms with Crippen molar-refractivity contribution in [2.75, 3.05) is 5.32 Å². The molecule has 0 saturated heterocycles. The predicted octanol–water partition coefficient (Wildman–Crippen LogP) is 3.41. The Balaban J connectivity index is 1.97. The molecule has 1 atom stereocenters. The van der Waals surface area contributed by atoms with Crippen LogP contribution in [-0.2, 0) is 6.42 Å². The van der Waals surface area contributed by atoms with Gasteiger partial charge >= 0.3 is 0 Å². The van der Waals surface area contributed by atoms with E-state index in [4.69, 9.17) is 0 Å². The lowest BCUT2D eigenvalue weighted by molar-refractivity contribution is 0.759. The summed E-state index contributed by atoms with van der Waals surface area (Å²) in [6.07, 6.45) is 2.74. The van der Waals surface area contributed by atoms with Gasteiger partial charge in [-0.3, -0.25) is 4.98 Å². The zero-order chi connectivity index (χ0) is 13.8. The molecule has 0 amide bonds. The number of hydrogen-bond acceptors (Lipinski definition) is 5. The van der Waals surface area contributed by atoms with E-state index in [2.05, 4.69) is 54.3 Å². The number of nitrogens with one attached hydrogen (secondary N) is 1. The van der Waals surface area contributed by atoms with Gasteiger partial charge in [0.25, 0.3) is 0 Å². The number of nitrogens with zero attached hydrogens (tertiary/aromatic N) is 3. The smallest absolute Gasteiger partial charge is 0.205 e. The number of anilines is 1. The first-order valence-electron chi connectivity index (χ1n) is 6.56. The van der Waals surface area contributed by atoms with E-state index in [1.54, 1.807) is 11.3 Å². The highest BCUT2D eigenvalue weighted by molar-refractivity contribution is 7.15. The molecule has 2 heterocycles. The maximum atomic E-state index is 4.42. The molecule has 1 N–H and O–H groups in total. The van der Waals surface area contributed by atoms with Crippen LogP contribution in [0.5, 0.6) is 0 Å². The third-order valence-corrected chi connectivity index (χ3v) is 4.08. The van der Waals surface area contributed by atoms with Gasteiger partial charge < -0.3 is 5.32 Å². The molecule has 2 aromatic rings. The predicted molar refractivity (Wildman–Crippen MR) is 79.8 cm³/mol. The Hall–Kier alpha value is -1.49. The Labute approximate surface area is 118 Å². The molecule has 0 saturated carbocycles. The summed E-state index contributed by atoms with van der Waals surface area (Å²) in [6, 6.07) is 4.36. The second kappa shape index (κ2) is 6.10. The Morgan fingerprint density at radius 1 is 1.26 bits per heavy atom. The summed E-state index contributed by atoms with van der Waals surface area (Å²) in [6.45, 7) is 8.50. The fraction of sp³-hybridized carbons (Fsp3) is 0.500. The van der Waals surface area contributed by atoms with Crippen LogP contribution in [0.2, 0.25) is 0 Å². The van der Waals surface area contributed by atoms with Crippen LogP contribution in [0.4, 0.5) is 5.13 Å². The van der Waals surface area contributed by atoms with Crippen LogP contribution in [0.3, 0.4) is 0 Å². The summed E-state index contributed by atoms with van der Waals surface area (Å²) in [5.74, 6) is 0.432. The van der Waals surface area contributed by atoms with Gasteiger partial charge in [-0.15, -0.1) is 10.2 Å². The molecule has 0 aromatic carbocycles. The van der Waals surface area contributed by atoms with E-state index >= 15 is 0 Å². The normalized spacial score (nSPS) is 12.7. The van der Waals surface area contributed by atoms with Crippen molar-refractivity contribution >= 4 is 16.5 Å². The number of aryl methyl sites for hydroxylation is 1. The molecule has 0 fully saturated rings. The zero-order valence-electron chi connectivity index (χ0n) is 11.8.